The second-order valence-corrected chi connectivity index (χ2v) is 6.62. The molecule has 2 aromatic rings. The maximum Gasteiger partial charge on any atom is 0.123 e. The molecule has 0 spiro atoms. The van der Waals surface area contributed by atoms with Crippen molar-refractivity contribution in [2.45, 2.75) is 24.9 Å². The molecule has 1 fully saturated rings. The third-order valence-electron chi connectivity index (χ3n) is 4.93. The van der Waals surface area contributed by atoms with Crippen molar-refractivity contribution >= 4 is 0 Å². The van der Waals surface area contributed by atoms with E-state index in [1.165, 1.54) is 17.7 Å². The van der Waals surface area contributed by atoms with Gasteiger partial charge in [-0.05, 0) is 43.2 Å². The Balaban J connectivity index is 1.28. The zero-order valence-electron chi connectivity index (χ0n) is 13.7. The van der Waals surface area contributed by atoms with Crippen LogP contribution in [0.15, 0.2) is 48.5 Å². The molecule has 1 atom stereocenters. The molecule has 4 heteroatoms. The Morgan fingerprint density at radius 3 is 2.58 bits per heavy atom. The van der Waals surface area contributed by atoms with E-state index in [1.807, 2.05) is 6.07 Å². The van der Waals surface area contributed by atoms with Crippen molar-refractivity contribution in [1.82, 2.24) is 4.90 Å². The SMILES string of the molecule is Fc1ccc(OC2CCN(CC3COc4ccccc43)CC2)cc1. The number of halogens is 1. The molecule has 0 aromatic heterocycles. The molecule has 0 amide bonds. The number of fused-ring (bicyclic) bond motifs is 1. The molecule has 126 valence electrons. The Bertz CT molecular complexity index is 680. The van der Waals surface area contributed by atoms with E-state index in [0.29, 0.717) is 5.92 Å². The molecule has 2 aliphatic rings. The highest BCUT2D eigenvalue weighted by Gasteiger charge is 2.28. The van der Waals surface area contributed by atoms with Crippen LogP contribution in [0.1, 0.15) is 24.3 Å². The normalized spacial score (nSPS) is 21.3. The van der Waals surface area contributed by atoms with Gasteiger partial charge in [-0.15, -0.1) is 0 Å². The number of nitrogens with zero attached hydrogens (tertiary/aromatic N) is 1. The first-order valence-electron chi connectivity index (χ1n) is 8.64. The summed E-state index contributed by atoms with van der Waals surface area (Å²) in [4.78, 5) is 2.50. The Morgan fingerprint density at radius 2 is 1.79 bits per heavy atom. The maximum absolute atomic E-state index is 12.9. The first kappa shape index (κ1) is 15.5. The largest absolute Gasteiger partial charge is 0.493 e. The summed E-state index contributed by atoms with van der Waals surface area (Å²) in [7, 11) is 0. The highest BCUT2D eigenvalue weighted by atomic mass is 19.1. The van der Waals surface area contributed by atoms with Gasteiger partial charge in [0.15, 0.2) is 0 Å². The Labute approximate surface area is 142 Å². The maximum atomic E-state index is 12.9. The Kier molecular flexibility index (Phi) is 4.39. The van der Waals surface area contributed by atoms with Crippen LogP contribution in [0.25, 0.3) is 0 Å². The lowest BCUT2D eigenvalue weighted by Crippen LogP contribution is -2.40. The summed E-state index contributed by atoms with van der Waals surface area (Å²) in [5.41, 5.74) is 1.34. The van der Waals surface area contributed by atoms with Gasteiger partial charge in [0.1, 0.15) is 23.4 Å². The molecule has 0 saturated carbocycles. The fourth-order valence-electron chi connectivity index (χ4n) is 3.61. The quantitative estimate of drug-likeness (QED) is 0.851. The zero-order valence-corrected chi connectivity index (χ0v) is 13.7. The highest BCUT2D eigenvalue weighted by molar-refractivity contribution is 5.39. The molecule has 3 nitrogen and oxygen atoms in total. The molecule has 0 bridgehead atoms. The van der Waals surface area contributed by atoms with E-state index in [1.54, 1.807) is 12.1 Å². The summed E-state index contributed by atoms with van der Waals surface area (Å²) in [6, 6.07) is 14.6. The lowest BCUT2D eigenvalue weighted by atomic mass is 9.99. The Hall–Kier alpha value is -2.07. The molecule has 1 unspecified atom stereocenters. The summed E-state index contributed by atoms with van der Waals surface area (Å²) in [5.74, 6) is 2.04. The molecule has 4 rings (SSSR count). The highest BCUT2D eigenvalue weighted by Crippen LogP contribution is 2.34. The van der Waals surface area contributed by atoms with Crippen molar-refractivity contribution < 1.29 is 13.9 Å². The van der Waals surface area contributed by atoms with Gasteiger partial charge in [-0.1, -0.05) is 18.2 Å². The van der Waals surface area contributed by atoms with Crippen LogP contribution in [0.3, 0.4) is 0 Å². The number of likely N-dealkylation sites (tertiary alicyclic amines) is 1. The van der Waals surface area contributed by atoms with Crippen molar-refractivity contribution in [3.63, 3.8) is 0 Å². The van der Waals surface area contributed by atoms with Crippen molar-refractivity contribution in [1.29, 1.82) is 0 Å². The molecule has 2 aromatic carbocycles. The standard InChI is InChI=1S/C20H22FNO2/c21-16-5-7-17(8-6-16)24-18-9-11-22(12-10-18)13-15-14-23-20-4-2-1-3-19(15)20/h1-8,15,18H,9-14H2. The minimum absolute atomic E-state index is 0.221. The van der Waals surface area contributed by atoms with Crippen LogP contribution >= 0.6 is 0 Å². The molecule has 0 N–H and O–H groups in total. The average molecular weight is 327 g/mol. The molecular weight excluding hydrogens is 305 g/mol. The molecule has 24 heavy (non-hydrogen) atoms. The van der Waals surface area contributed by atoms with Gasteiger partial charge in [0.2, 0.25) is 0 Å². The van der Waals surface area contributed by atoms with Gasteiger partial charge in [-0.25, -0.2) is 4.39 Å². The average Bonchev–Trinajstić information content (AvgIpc) is 3.02. The van der Waals surface area contributed by atoms with E-state index in [-0.39, 0.29) is 11.9 Å². The van der Waals surface area contributed by atoms with Crippen LogP contribution in [0.5, 0.6) is 11.5 Å². The Morgan fingerprint density at radius 1 is 1.04 bits per heavy atom. The molecule has 0 radical (unpaired) electrons. The number of benzene rings is 2. The summed E-state index contributed by atoms with van der Waals surface area (Å²) >= 11 is 0. The fourth-order valence-corrected chi connectivity index (χ4v) is 3.61. The van der Waals surface area contributed by atoms with Crippen molar-refractivity contribution in [2.24, 2.45) is 0 Å². The second kappa shape index (κ2) is 6.81. The van der Waals surface area contributed by atoms with Crippen LogP contribution in [-0.4, -0.2) is 37.2 Å². The number of rotatable bonds is 4. The monoisotopic (exact) mass is 327 g/mol. The smallest absolute Gasteiger partial charge is 0.123 e. The summed E-state index contributed by atoms with van der Waals surface area (Å²) in [6.07, 6.45) is 2.23. The van der Waals surface area contributed by atoms with Gasteiger partial charge in [0, 0.05) is 31.1 Å². The molecular formula is C20H22FNO2. The topological polar surface area (TPSA) is 21.7 Å². The molecule has 0 aliphatic carbocycles. The third kappa shape index (κ3) is 3.39. The minimum Gasteiger partial charge on any atom is -0.493 e. The number of para-hydroxylation sites is 1. The lowest BCUT2D eigenvalue weighted by molar-refractivity contribution is 0.0951. The zero-order chi connectivity index (χ0) is 16.4. The summed E-state index contributed by atoms with van der Waals surface area (Å²) in [6.45, 7) is 3.89. The number of hydrogen-bond acceptors (Lipinski definition) is 3. The minimum atomic E-state index is -0.226. The number of hydrogen-bond donors (Lipinski definition) is 0. The van der Waals surface area contributed by atoms with Crippen molar-refractivity contribution in [3.8, 4) is 11.5 Å². The van der Waals surface area contributed by atoms with Crippen molar-refractivity contribution in [2.75, 3.05) is 26.2 Å². The van der Waals surface area contributed by atoms with E-state index in [0.717, 1.165) is 50.6 Å². The molecule has 1 saturated heterocycles. The van der Waals surface area contributed by atoms with Crippen LogP contribution in [0.4, 0.5) is 4.39 Å². The van der Waals surface area contributed by atoms with E-state index < -0.39 is 0 Å². The number of piperidine rings is 1. The van der Waals surface area contributed by atoms with Gasteiger partial charge in [-0.3, -0.25) is 0 Å². The van der Waals surface area contributed by atoms with Crippen LogP contribution in [0.2, 0.25) is 0 Å². The lowest BCUT2D eigenvalue weighted by Gasteiger charge is -2.33. The van der Waals surface area contributed by atoms with Crippen LogP contribution < -0.4 is 9.47 Å². The van der Waals surface area contributed by atoms with Gasteiger partial charge >= 0.3 is 0 Å². The van der Waals surface area contributed by atoms with Crippen LogP contribution in [0, 0.1) is 5.82 Å². The summed E-state index contributed by atoms with van der Waals surface area (Å²) < 4.78 is 24.7. The van der Waals surface area contributed by atoms with Crippen molar-refractivity contribution in [3.05, 3.63) is 59.9 Å². The number of ether oxygens (including phenoxy) is 2. The van der Waals surface area contributed by atoms with Gasteiger partial charge in [0.05, 0.1) is 6.61 Å². The first-order chi connectivity index (χ1) is 11.8. The summed E-state index contributed by atoms with van der Waals surface area (Å²) in [5, 5.41) is 0. The van der Waals surface area contributed by atoms with E-state index >= 15 is 0 Å². The predicted octanol–water partition coefficient (Wildman–Crippen LogP) is 3.85. The van der Waals surface area contributed by atoms with E-state index in [4.69, 9.17) is 9.47 Å². The predicted molar refractivity (Wildman–Crippen MR) is 91.2 cm³/mol. The van der Waals surface area contributed by atoms with Gasteiger partial charge in [0.25, 0.3) is 0 Å². The fraction of sp³-hybridized carbons (Fsp3) is 0.400. The second-order valence-electron chi connectivity index (χ2n) is 6.62. The van der Waals surface area contributed by atoms with E-state index in [2.05, 4.69) is 23.1 Å². The molecule has 2 aliphatic heterocycles. The van der Waals surface area contributed by atoms with Gasteiger partial charge in [-0.2, -0.15) is 0 Å². The first-order valence-corrected chi connectivity index (χ1v) is 8.64. The van der Waals surface area contributed by atoms with Crippen LogP contribution in [-0.2, 0) is 0 Å². The third-order valence-corrected chi connectivity index (χ3v) is 4.93. The molecule has 2 heterocycles. The van der Waals surface area contributed by atoms with E-state index in [9.17, 15) is 4.39 Å². The van der Waals surface area contributed by atoms with Gasteiger partial charge < -0.3 is 14.4 Å².